The molecule has 3 fully saturated rings. The molecule has 2 N–H and O–H groups in total. The van der Waals surface area contributed by atoms with Gasteiger partial charge in [0.15, 0.2) is 0 Å². The SMILES string of the molecule is C=CCCC(=O)NC[C@H](C)OC(=O)[C@@H]1[C@@H]2CC[C@]3(O2)[C@H](C(=O)N(CC=C)C(C)(C)CC(C)(C)C)N([C@@H](CO)[C@@H](C)CC)C(=O)[C@@H]13. The summed E-state index contributed by atoms with van der Waals surface area (Å²) >= 11 is 0. The van der Waals surface area contributed by atoms with Gasteiger partial charge in [-0.1, -0.05) is 53.2 Å². The molecule has 1 spiro atoms. The second kappa shape index (κ2) is 14.4. The Morgan fingerprint density at radius 3 is 2.42 bits per heavy atom. The number of aliphatic hydroxyl groups excluding tert-OH is 1. The summed E-state index contributed by atoms with van der Waals surface area (Å²) in [7, 11) is 0. The number of fused-ring (bicyclic) bond motifs is 1. The normalized spacial score (nSPS) is 27.8. The van der Waals surface area contributed by atoms with Crippen LogP contribution in [0.15, 0.2) is 25.3 Å². The van der Waals surface area contributed by atoms with Crippen molar-refractivity contribution in [3.05, 3.63) is 25.3 Å². The summed E-state index contributed by atoms with van der Waals surface area (Å²) in [5, 5.41) is 13.4. The molecule has 2 bridgehead atoms. The molecule has 254 valence electrons. The van der Waals surface area contributed by atoms with Crippen molar-refractivity contribution in [3.63, 3.8) is 0 Å². The molecule has 0 aromatic rings. The van der Waals surface area contributed by atoms with Gasteiger partial charge in [0.05, 0.1) is 37.1 Å². The van der Waals surface area contributed by atoms with E-state index in [1.807, 2.05) is 27.7 Å². The Kier molecular flexibility index (Phi) is 11.7. The third-order valence-electron chi connectivity index (χ3n) is 9.84. The highest BCUT2D eigenvalue weighted by molar-refractivity contribution is 5.98. The fourth-order valence-corrected chi connectivity index (χ4v) is 8.01. The molecular formula is C35H57N3O7. The lowest BCUT2D eigenvalue weighted by Crippen LogP contribution is -2.63. The number of hydrogen-bond donors (Lipinski definition) is 2. The Bertz CT molecular complexity index is 1130. The van der Waals surface area contributed by atoms with Gasteiger partial charge in [-0.15, -0.1) is 13.2 Å². The van der Waals surface area contributed by atoms with E-state index in [4.69, 9.17) is 9.47 Å². The first-order valence-corrected chi connectivity index (χ1v) is 16.6. The number of nitrogens with one attached hydrogen (secondary N) is 1. The van der Waals surface area contributed by atoms with Crippen LogP contribution in [0, 0.1) is 23.2 Å². The zero-order valence-electron chi connectivity index (χ0n) is 28.8. The Labute approximate surface area is 269 Å². The van der Waals surface area contributed by atoms with Gasteiger partial charge >= 0.3 is 5.97 Å². The molecule has 0 aromatic heterocycles. The number of esters is 1. The van der Waals surface area contributed by atoms with Crippen molar-refractivity contribution in [1.29, 1.82) is 0 Å². The van der Waals surface area contributed by atoms with Crippen LogP contribution in [0.3, 0.4) is 0 Å². The summed E-state index contributed by atoms with van der Waals surface area (Å²) in [6.07, 6.45) is 5.35. The van der Waals surface area contributed by atoms with Crippen molar-refractivity contribution in [1.82, 2.24) is 15.1 Å². The third kappa shape index (κ3) is 7.48. The van der Waals surface area contributed by atoms with E-state index in [9.17, 15) is 24.3 Å². The van der Waals surface area contributed by atoms with E-state index in [0.717, 1.165) is 0 Å². The zero-order valence-corrected chi connectivity index (χ0v) is 28.8. The van der Waals surface area contributed by atoms with Crippen LogP contribution in [0.1, 0.15) is 93.9 Å². The van der Waals surface area contributed by atoms with Gasteiger partial charge < -0.3 is 29.7 Å². The monoisotopic (exact) mass is 631 g/mol. The summed E-state index contributed by atoms with van der Waals surface area (Å²) in [5.74, 6) is -3.25. The lowest BCUT2D eigenvalue weighted by Gasteiger charge is -2.47. The maximum Gasteiger partial charge on any atom is 0.312 e. The number of rotatable bonds is 16. The van der Waals surface area contributed by atoms with Crippen LogP contribution >= 0.6 is 0 Å². The van der Waals surface area contributed by atoms with Gasteiger partial charge in [-0.3, -0.25) is 19.2 Å². The van der Waals surface area contributed by atoms with Gasteiger partial charge in [0.2, 0.25) is 17.7 Å². The van der Waals surface area contributed by atoms with Crippen LogP contribution in [0.4, 0.5) is 0 Å². The molecule has 10 nitrogen and oxygen atoms in total. The standard InChI is InChI=1S/C35H57N3O7/c1-11-14-15-26(40)36-19-23(5)44-32(43)27-25-16-17-35(45-25)28(27)30(41)38(24(20-39)22(4)13-3)29(35)31(42)37(18-12-2)34(9,10)21-33(6,7)8/h11-12,22-25,27-29,39H,1-2,13-21H2,3-10H3,(H,36,40)/t22-,23-,24-,25-,27+,28+,29-,35+/m0/s1. The van der Waals surface area contributed by atoms with E-state index in [1.54, 1.807) is 28.9 Å². The highest BCUT2D eigenvalue weighted by atomic mass is 16.6. The lowest BCUT2D eigenvalue weighted by molar-refractivity contribution is -0.161. The Morgan fingerprint density at radius 1 is 1.20 bits per heavy atom. The Hall–Kier alpha value is -2.72. The van der Waals surface area contributed by atoms with E-state index >= 15 is 0 Å². The first-order chi connectivity index (χ1) is 21.0. The van der Waals surface area contributed by atoms with Crippen molar-refractivity contribution >= 4 is 23.7 Å². The van der Waals surface area contributed by atoms with Crippen molar-refractivity contribution in [2.75, 3.05) is 19.7 Å². The molecule has 3 saturated heterocycles. The number of amides is 3. The van der Waals surface area contributed by atoms with Crippen molar-refractivity contribution in [2.45, 2.75) is 129 Å². The quantitative estimate of drug-likeness (QED) is 0.195. The third-order valence-corrected chi connectivity index (χ3v) is 9.84. The van der Waals surface area contributed by atoms with E-state index in [1.165, 1.54) is 0 Å². The average Bonchev–Trinajstić information content (AvgIpc) is 3.59. The van der Waals surface area contributed by atoms with Crippen LogP contribution in [-0.2, 0) is 28.7 Å². The number of likely N-dealkylation sites (tertiary alicyclic amines) is 1. The molecule has 0 saturated carbocycles. The van der Waals surface area contributed by atoms with E-state index < -0.39 is 53.2 Å². The van der Waals surface area contributed by atoms with E-state index in [-0.39, 0.29) is 48.8 Å². The van der Waals surface area contributed by atoms with Gasteiger partial charge in [0.25, 0.3) is 0 Å². The van der Waals surface area contributed by atoms with Gasteiger partial charge in [0, 0.05) is 18.5 Å². The van der Waals surface area contributed by atoms with Crippen LogP contribution in [-0.4, -0.2) is 93.7 Å². The fraction of sp³-hybridized carbons (Fsp3) is 0.771. The molecule has 10 heteroatoms. The number of aliphatic hydroxyl groups is 1. The molecular weight excluding hydrogens is 574 g/mol. The summed E-state index contributed by atoms with van der Waals surface area (Å²) < 4.78 is 12.4. The summed E-state index contributed by atoms with van der Waals surface area (Å²) in [6, 6.07) is -1.64. The summed E-state index contributed by atoms with van der Waals surface area (Å²) in [4.78, 5) is 58.6. The number of hydrogen-bond acceptors (Lipinski definition) is 7. The Morgan fingerprint density at radius 2 is 1.87 bits per heavy atom. The van der Waals surface area contributed by atoms with Gasteiger partial charge in [-0.2, -0.15) is 0 Å². The second-order valence-corrected chi connectivity index (χ2v) is 15.1. The largest absolute Gasteiger partial charge is 0.460 e. The number of carbonyl (C=O) groups excluding carboxylic acids is 4. The van der Waals surface area contributed by atoms with Gasteiger partial charge in [-0.25, -0.2) is 0 Å². The van der Waals surface area contributed by atoms with E-state index in [0.29, 0.717) is 38.5 Å². The van der Waals surface area contributed by atoms with Crippen molar-refractivity contribution in [2.24, 2.45) is 23.2 Å². The molecule has 0 radical (unpaired) electrons. The van der Waals surface area contributed by atoms with Crippen LogP contribution in [0.5, 0.6) is 0 Å². The fourth-order valence-electron chi connectivity index (χ4n) is 8.01. The molecule has 0 aromatic carbocycles. The molecule has 3 aliphatic rings. The van der Waals surface area contributed by atoms with Crippen molar-refractivity contribution in [3.8, 4) is 0 Å². The topological polar surface area (TPSA) is 125 Å². The average molecular weight is 632 g/mol. The zero-order chi connectivity index (χ0) is 33.9. The number of ether oxygens (including phenoxy) is 2. The maximum absolute atomic E-state index is 14.9. The predicted octanol–water partition coefficient (Wildman–Crippen LogP) is 4.01. The molecule has 3 heterocycles. The molecule has 0 unspecified atom stereocenters. The molecule has 3 amide bonds. The molecule has 3 rings (SSSR count). The second-order valence-electron chi connectivity index (χ2n) is 15.1. The predicted molar refractivity (Wildman–Crippen MR) is 173 cm³/mol. The van der Waals surface area contributed by atoms with Crippen molar-refractivity contribution < 1.29 is 33.8 Å². The van der Waals surface area contributed by atoms with Gasteiger partial charge in [0.1, 0.15) is 17.7 Å². The van der Waals surface area contributed by atoms with Crippen LogP contribution in [0.2, 0.25) is 0 Å². The van der Waals surface area contributed by atoms with Crippen LogP contribution in [0.25, 0.3) is 0 Å². The first-order valence-electron chi connectivity index (χ1n) is 16.6. The van der Waals surface area contributed by atoms with Crippen LogP contribution < -0.4 is 5.32 Å². The molecule has 0 aliphatic carbocycles. The highest BCUT2D eigenvalue weighted by Gasteiger charge is 2.76. The Balaban J connectivity index is 2.00. The first kappa shape index (κ1) is 36.7. The summed E-state index contributed by atoms with van der Waals surface area (Å²) in [6.45, 7) is 23.7. The smallest absolute Gasteiger partial charge is 0.312 e. The maximum atomic E-state index is 14.9. The minimum absolute atomic E-state index is 0.0848. The van der Waals surface area contributed by atoms with E-state index in [2.05, 4.69) is 39.2 Å². The molecule has 8 atom stereocenters. The molecule has 45 heavy (non-hydrogen) atoms. The number of nitrogens with zero attached hydrogens (tertiary/aromatic N) is 2. The highest BCUT2D eigenvalue weighted by Crippen LogP contribution is 2.59. The molecule has 3 aliphatic heterocycles. The summed E-state index contributed by atoms with van der Waals surface area (Å²) in [5.41, 5.74) is -1.89. The number of allylic oxidation sites excluding steroid dienone is 1. The minimum atomic E-state index is -1.22. The number of carbonyl (C=O) groups is 4. The lowest BCUT2D eigenvalue weighted by atomic mass is 9.70. The minimum Gasteiger partial charge on any atom is -0.460 e. The van der Waals surface area contributed by atoms with Gasteiger partial charge in [-0.05, 0) is 57.8 Å².